The Balaban J connectivity index is 1.54. The number of anilines is 2. The third kappa shape index (κ3) is 8.72. The van der Waals surface area contributed by atoms with Crippen LogP contribution in [0.1, 0.15) is 38.4 Å². The first kappa shape index (κ1) is 31.0. The molecule has 1 fully saturated rings. The molecule has 11 nitrogen and oxygen atoms in total. The number of nitrogens with zero attached hydrogens (tertiary/aromatic N) is 2. The first-order valence-electron chi connectivity index (χ1n) is 12.8. The van der Waals surface area contributed by atoms with Gasteiger partial charge in [0, 0.05) is 37.9 Å². The van der Waals surface area contributed by atoms with Gasteiger partial charge in [-0.1, -0.05) is 19.9 Å². The van der Waals surface area contributed by atoms with Crippen LogP contribution in [-0.2, 0) is 26.2 Å². The number of hydrogen-bond donors (Lipinski definition) is 5. The Bertz CT molecular complexity index is 1200. The maximum absolute atomic E-state index is 13.0. The Morgan fingerprint density at radius 3 is 2.38 bits per heavy atom. The first-order chi connectivity index (χ1) is 18.4. The lowest BCUT2D eigenvalue weighted by molar-refractivity contribution is -0.137. The molecule has 2 atom stereocenters. The zero-order valence-corrected chi connectivity index (χ0v) is 24.0. The van der Waals surface area contributed by atoms with Gasteiger partial charge in [-0.15, -0.1) is 0 Å². The van der Waals surface area contributed by atoms with Gasteiger partial charge in [-0.05, 0) is 60.7 Å². The van der Waals surface area contributed by atoms with Gasteiger partial charge in [0.1, 0.15) is 24.2 Å². The SMILES string of the molecule is CC(C)CN(CC(=O)O)S(=O)(=O)c1ccc(N2CCC(NC[C@@H](O)c3ccc(O)c(N[S+](C)[O-])c3)CC2)cc1. The van der Waals surface area contributed by atoms with E-state index in [4.69, 9.17) is 5.11 Å². The average molecular weight is 583 g/mol. The van der Waals surface area contributed by atoms with Crippen LogP contribution in [0.25, 0.3) is 0 Å². The number of sulfonamides is 1. The van der Waals surface area contributed by atoms with Crippen LogP contribution in [0.5, 0.6) is 5.75 Å². The van der Waals surface area contributed by atoms with Gasteiger partial charge in [0.05, 0.1) is 22.4 Å². The van der Waals surface area contributed by atoms with Crippen molar-refractivity contribution < 1.29 is 33.1 Å². The van der Waals surface area contributed by atoms with E-state index in [9.17, 15) is 28.0 Å². The van der Waals surface area contributed by atoms with Crippen LogP contribution in [0.2, 0.25) is 0 Å². The summed E-state index contributed by atoms with van der Waals surface area (Å²) in [4.78, 5) is 13.4. The normalized spacial score (nSPS) is 16.4. The molecule has 1 aliphatic heterocycles. The second-order valence-electron chi connectivity index (χ2n) is 10.1. The molecule has 0 radical (unpaired) electrons. The van der Waals surface area contributed by atoms with E-state index in [0.717, 1.165) is 35.9 Å². The monoisotopic (exact) mass is 582 g/mol. The Kier molecular flexibility index (Phi) is 10.9. The Morgan fingerprint density at radius 2 is 1.82 bits per heavy atom. The topological polar surface area (TPSA) is 166 Å². The summed E-state index contributed by atoms with van der Waals surface area (Å²) in [5.41, 5.74) is 1.78. The van der Waals surface area contributed by atoms with Crippen molar-refractivity contribution in [2.24, 2.45) is 5.92 Å². The van der Waals surface area contributed by atoms with Crippen molar-refractivity contribution in [2.75, 3.05) is 48.6 Å². The number of aromatic hydroxyl groups is 1. The third-order valence-corrected chi connectivity index (χ3v) is 8.81. The summed E-state index contributed by atoms with van der Waals surface area (Å²) in [6.45, 7) is 5.02. The summed E-state index contributed by atoms with van der Waals surface area (Å²) in [6, 6.07) is 11.4. The molecular formula is C26H38N4O7S2. The largest absolute Gasteiger partial charge is 0.593 e. The van der Waals surface area contributed by atoms with Crippen molar-refractivity contribution in [1.82, 2.24) is 9.62 Å². The van der Waals surface area contributed by atoms with Gasteiger partial charge < -0.3 is 30.1 Å². The van der Waals surface area contributed by atoms with Crippen molar-refractivity contribution in [3.05, 3.63) is 48.0 Å². The van der Waals surface area contributed by atoms with Crippen molar-refractivity contribution in [3.63, 3.8) is 0 Å². The van der Waals surface area contributed by atoms with E-state index in [1.807, 2.05) is 13.8 Å². The second kappa shape index (κ2) is 13.7. The molecule has 0 saturated carbocycles. The Labute approximate surface area is 233 Å². The quantitative estimate of drug-likeness (QED) is 0.174. The van der Waals surface area contributed by atoms with Gasteiger partial charge >= 0.3 is 5.97 Å². The number of piperidine rings is 1. The number of aliphatic hydroxyl groups is 1. The number of rotatable bonds is 13. The number of hydrogen-bond acceptors (Lipinski definition) is 9. The fourth-order valence-corrected chi connectivity index (χ4v) is 6.55. The third-order valence-electron chi connectivity index (χ3n) is 6.47. The molecule has 0 aromatic heterocycles. The summed E-state index contributed by atoms with van der Waals surface area (Å²) in [5, 5.41) is 33.1. The summed E-state index contributed by atoms with van der Waals surface area (Å²) in [6.07, 6.45) is 2.30. The number of aliphatic hydroxyl groups excluding tert-OH is 1. The van der Waals surface area contributed by atoms with Crippen molar-refractivity contribution in [3.8, 4) is 5.75 Å². The standard InChI is InChI=1S/C26H38N4O7S2/c1-18(2)16-30(17-26(33)34)39(36,37)22-7-5-21(6-8-22)29-12-10-20(11-13-29)27-15-25(32)19-4-9-24(31)23(14-19)28-38(3)35/h4-9,14,18,20,25,27-28,31-32H,10-13,15-17H2,1-3H3,(H,33,34)/t25-,38?/m1/s1. The highest BCUT2D eigenvalue weighted by molar-refractivity contribution is 7.92. The van der Waals surface area contributed by atoms with E-state index in [1.165, 1.54) is 24.5 Å². The lowest BCUT2D eigenvalue weighted by atomic mass is 10.0. The number of carbonyl (C=O) groups is 1. The van der Waals surface area contributed by atoms with Crippen molar-refractivity contribution in [1.29, 1.82) is 0 Å². The highest BCUT2D eigenvalue weighted by atomic mass is 32.2. The van der Waals surface area contributed by atoms with E-state index in [0.29, 0.717) is 17.8 Å². The number of aliphatic carboxylic acids is 1. The lowest BCUT2D eigenvalue weighted by Gasteiger charge is -2.34. The van der Waals surface area contributed by atoms with Gasteiger partial charge in [-0.2, -0.15) is 4.31 Å². The highest BCUT2D eigenvalue weighted by Crippen LogP contribution is 2.28. The van der Waals surface area contributed by atoms with E-state index in [-0.39, 0.29) is 29.1 Å². The highest BCUT2D eigenvalue weighted by Gasteiger charge is 2.28. The fraction of sp³-hybridized carbons (Fsp3) is 0.500. The molecule has 5 N–H and O–H groups in total. The van der Waals surface area contributed by atoms with Gasteiger partial charge in [0.25, 0.3) is 0 Å². The van der Waals surface area contributed by atoms with E-state index in [2.05, 4.69) is 14.9 Å². The molecule has 0 spiro atoms. The number of carboxylic acid groups (broad SMARTS) is 1. The van der Waals surface area contributed by atoms with Crippen LogP contribution in [-0.4, -0.2) is 83.6 Å². The maximum Gasteiger partial charge on any atom is 0.318 e. The molecule has 2 aromatic rings. The molecule has 39 heavy (non-hydrogen) atoms. The summed E-state index contributed by atoms with van der Waals surface area (Å²) >= 11 is -1.35. The van der Waals surface area contributed by atoms with Crippen molar-refractivity contribution >= 4 is 38.7 Å². The van der Waals surface area contributed by atoms with Crippen molar-refractivity contribution in [2.45, 2.75) is 43.7 Å². The van der Waals surface area contributed by atoms with E-state index < -0.39 is 40.0 Å². The number of nitrogens with one attached hydrogen (secondary N) is 2. The smallest absolute Gasteiger partial charge is 0.318 e. The summed E-state index contributed by atoms with van der Waals surface area (Å²) in [7, 11) is -3.93. The molecule has 1 heterocycles. The Hall–Kier alpha value is -2.55. The minimum absolute atomic E-state index is 0.0158. The van der Waals surface area contributed by atoms with Gasteiger partial charge in [0.15, 0.2) is 0 Å². The van der Waals surface area contributed by atoms with Crippen LogP contribution < -0.4 is 14.9 Å². The fourth-order valence-electron chi connectivity index (χ4n) is 4.52. The summed E-state index contributed by atoms with van der Waals surface area (Å²) < 4.78 is 41.2. The number of benzene rings is 2. The molecule has 216 valence electrons. The van der Waals surface area contributed by atoms with Gasteiger partial charge in [0.2, 0.25) is 10.0 Å². The number of phenolic OH excluding ortho intramolecular Hbond substituents is 1. The van der Waals surface area contributed by atoms with E-state index >= 15 is 0 Å². The Morgan fingerprint density at radius 1 is 1.18 bits per heavy atom. The molecule has 3 rings (SSSR count). The minimum Gasteiger partial charge on any atom is -0.593 e. The summed E-state index contributed by atoms with van der Waals surface area (Å²) in [5.74, 6) is -1.25. The van der Waals surface area contributed by atoms with E-state index in [1.54, 1.807) is 24.3 Å². The number of phenols is 1. The molecule has 0 aliphatic carbocycles. The van der Waals surface area contributed by atoms with Gasteiger partial charge in [-0.25, -0.2) is 13.1 Å². The predicted octanol–water partition coefficient (Wildman–Crippen LogP) is 2.12. The number of carboxylic acids is 1. The predicted molar refractivity (Wildman–Crippen MR) is 152 cm³/mol. The molecule has 1 aliphatic rings. The maximum atomic E-state index is 13.0. The zero-order valence-electron chi connectivity index (χ0n) is 22.4. The molecule has 1 saturated heterocycles. The van der Waals surface area contributed by atoms with Crippen LogP contribution in [0.3, 0.4) is 0 Å². The van der Waals surface area contributed by atoms with Crippen LogP contribution >= 0.6 is 0 Å². The molecule has 13 heteroatoms. The minimum atomic E-state index is -3.93. The van der Waals surface area contributed by atoms with Crippen LogP contribution in [0.15, 0.2) is 47.4 Å². The molecule has 1 unspecified atom stereocenters. The lowest BCUT2D eigenvalue weighted by Crippen LogP contribution is -2.43. The first-order valence-corrected chi connectivity index (χ1v) is 15.8. The molecule has 2 aromatic carbocycles. The van der Waals surface area contributed by atoms with Gasteiger partial charge in [-0.3, -0.25) is 4.79 Å². The second-order valence-corrected chi connectivity index (χ2v) is 13.1. The van der Waals surface area contributed by atoms with Crippen LogP contribution in [0, 0.1) is 5.92 Å². The molecule has 0 bridgehead atoms. The average Bonchev–Trinajstić information content (AvgIpc) is 2.88. The zero-order chi connectivity index (χ0) is 28.7. The van der Waals surface area contributed by atoms with Crippen LogP contribution in [0.4, 0.5) is 11.4 Å². The molecular weight excluding hydrogens is 544 g/mol. The molecule has 0 amide bonds.